The molecular weight excluding hydrogens is 202 g/mol. The van der Waals surface area contributed by atoms with Gasteiger partial charge in [0.2, 0.25) is 0 Å². The van der Waals surface area contributed by atoms with Crippen LogP contribution in [0.4, 0.5) is 0 Å². The maximum Gasteiger partial charge on any atom is 0.270 e. The Balaban J connectivity index is 3.14. The molecule has 0 radical (unpaired) electrons. The smallest absolute Gasteiger partial charge is 0.257 e. The Bertz CT molecular complexity index is 361. The molecular formula is C5H6ClN3O2S. The summed E-state index contributed by atoms with van der Waals surface area (Å²) in [5.41, 5.74) is 0. The first kappa shape index (κ1) is 9.40. The van der Waals surface area contributed by atoms with Gasteiger partial charge in [0.15, 0.2) is 5.03 Å². The van der Waals surface area contributed by atoms with Crippen LogP contribution in [0, 0.1) is 0 Å². The normalized spacial score (nSPS) is 11.5. The van der Waals surface area contributed by atoms with Crippen molar-refractivity contribution in [3.8, 4) is 0 Å². The van der Waals surface area contributed by atoms with Gasteiger partial charge in [-0.25, -0.2) is 13.4 Å². The van der Waals surface area contributed by atoms with Crippen LogP contribution in [0.15, 0.2) is 23.4 Å². The minimum Gasteiger partial charge on any atom is -0.257 e. The SMILES string of the molecule is NNS(=O)(=O)c1ccc(Cl)cn1. The molecule has 1 heterocycles. The van der Waals surface area contributed by atoms with Crippen LogP contribution >= 0.6 is 11.6 Å². The topological polar surface area (TPSA) is 85.1 Å². The standard InChI is InChI=1S/C5H6ClN3O2S/c6-4-1-2-5(8-3-4)12(10,11)9-7/h1-3,9H,7H2. The Kier molecular flexibility index (Phi) is 2.63. The summed E-state index contributed by atoms with van der Waals surface area (Å²) in [5.74, 6) is 4.77. The number of hydrogen-bond donors (Lipinski definition) is 2. The fourth-order valence-corrected chi connectivity index (χ4v) is 1.25. The van der Waals surface area contributed by atoms with E-state index in [9.17, 15) is 8.42 Å². The molecule has 0 saturated heterocycles. The van der Waals surface area contributed by atoms with Gasteiger partial charge < -0.3 is 0 Å². The first-order chi connectivity index (χ1) is 5.56. The maximum absolute atomic E-state index is 11.0. The molecule has 0 aromatic carbocycles. The molecule has 12 heavy (non-hydrogen) atoms. The average molecular weight is 208 g/mol. The molecule has 1 aromatic rings. The summed E-state index contributed by atoms with van der Waals surface area (Å²) >= 11 is 5.50. The molecule has 0 fully saturated rings. The first-order valence-corrected chi connectivity index (χ1v) is 4.76. The molecule has 0 saturated carbocycles. The number of nitrogens with zero attached hydrogens (tertiary/aromatic N) is 1. The van der Waals surface area contributed by atoms with Gasteiger partial charge in [0, 0.05) is 6.20 Å². The van der Waals surface area contributed by atoms with Crippen molar-refractivity contribution < 1.29 is 8.42 Å². The predicted octanol–water partition coefficient (Wildman–Crippen LogP) is -0.113. The summed E-state index contributed by atoms with van der Waals surface area (Å²) in [6, 6.07) is 2.68. The zero-order valence-electron chi connectivity index (χ0n) is 5.86. The van der Waals surface area contributed by atoms with Crippen molar-refractivity contribution in [2.45, 2.75) is 5.03 Å². The molecule has 0 spiro atoms. The average Bonchev–Trinajstić information content (AvgIpc) is 2.05. The largest absolute Gasteiger partial charge is 0.270 e. The third-order valence-electron chi connectivity index (χ3n) is 1.13. The van der Waals surface area contributed by atoms with E-state index >= 15 is 0 Å². The number of hydrogen-bond acceptors (Lipinski definition) is 4. The lowest BCUT2D eigenvalue weighted by Crippen LogP contribution is -2.30. The van der Waals surface area contributed by atoms with Crippen molar-refractivity contribution in [2.24, 2.45) is 5.84 Å². The van der Waals surface area contributed by atoms with E-state index in [-0.39, 0.29) is 5.03 Å². The number of aromatic nitrogens is 1. The van der Waals surface area contributed by atoms with Crippen LogP contribution in [0.25, 0.3) is 0 Å². The van der Waals surface area contributed by atoms with Gasteiger partial charge >= 0.3 is 0 Å². The van der Waals surface area contributed by atoms with E-state index in [0.717, 1.165) is 0 Å². The van der Waals surface area contributed by atoms with Crippen LogP contribution in [0.5, 0.6) is 0 Å². The van der Waals surface area contributed by atoms with Crippen LogP contribution in [0.1, 0.15) is 0 Å². The molecule has 0 aliphatic carbocycles. The van der Waals surface area contributed by atoms with Gasteiger partial charge in [-0.1, -0.05) is 11.6 Å². The van der Waals surface area contributed by atoms with E-state index in [1.165, 1.54) is 18.3 Å². The molecule has 7 heteroatoms. The number of halogens is 1. The lowest BCUT2D eigenvalue weighted by molar-refractivity contribution is 0.580. The molecule has 0 aliphatic heterocycles. The highest BCUT2D eigenvalue weighted by molar-refractivity contribution is 7.89. The third-order valence-corrected chi connectivity index (χ3v) is 2.46. The molecule has 0 bridgehead atoms. The van der Waals surface area contributed by atoms with Crippen molar-refractivity contribution in [3.63, 3.8) is 0 Å². The van der Waals surface area contributed by atoms with Gasteiger partial charge in [0.05, 0.1) is 5.02 Å². The first-order valence-electron chi connectivity index (χ1n) is 2.90. The summed E-state index contributed by atoms with van der Waals surface area (Å²) in [5, 5.41) is 0.209. The summed E-state index contributed by atoms with van der Waals surface area (Å²) < 4.78 is 21.9. The second-order valence-corrected chi connectivity index (χ2v) is 4.03. The summed E-state index contributed by atoms with van der Waals surface area (Å²) in [6.07, 6.45) is 1.23. The number of sulfonamides is 1. The lowest BCUT2D eigenvalue weighted by atomic mass is 10.5. The van der Waals surface area contributed by atoms with E-state index in [0.29, 0.717) is 5.02 Å². The zero-order valence-corrected chi connectivity index (χ0v) is 7.43. The second kappa shape index (κ2) is 3.36. The second-order valence-electron chi connectivity index (χ2n) is 1.94. The number of hydrazine groups is 1. The van der Waals surface area contributed by atoms with E-state index in [4.69, 9.17) is 17.4 Å². The molecule has 0 unspecified atom stereocenters. The maximum atomic E-state index is 11.0. The molecule has 1 rings (SSSR count). The quantitative estimate of drug-likeness (QED) is 0.523. The van der Waals surface area contributed by atoms with Crippen molar-refractivity contribution in [1.82, 2.24) is 9.82 Å². The van der Waals surface area contributed by atoms with Gasteiger partial charge in [0.25, 0.3) is 10.0 Å². The van der Waals surface area contributed by atoms with Crippen LogP contribution in [0.2, 0.25) is 5.02 Å². The Hall–Kier alpha value is -0.690. The molecule has 0 aliphatic rings. The highest BCUT2D eigenvalue weighted by atomic mass is 35.5. The molecule has 0 amide bonds. The third kappa shape index (κ3) is 1.92. The fraction of sp³-hybridized carbons (Fsp3) is 0. The molecule has 5 nitrogen and oxygen atoms in total. The zero-order chi connectivity index (χ0) is 9.19. The highest BCUT2D eigenvalue weighted by Gasteiger charge is 2.12. The molecule has 66 valence electrons. The number of nitrogens with one attached hydrogen (secondary N) is 1. The summed E-state index contributed by atoms with van der Waals surface area (Å²) in [7, 11) is -3.66. The minimum absolute atomic E-state index is 0.158. The van der Waals surface area contributed by atoms with Crippen LogP contribution < -0.4 is 10.7 Å². The molecule has 3 N–H and O–H groups in total. The van der Waals surface area contributed by atoms with Gasteiger partial charge in [-0.15, -0.1) is 4.83 Å². The highest BCUT2D eigenvalue weighted by Crippen LogP contribution is 2.09. The monoisotopic (exact) mass is 207 g/mol. The van der Waals surface area contributed by atoms with Gasteiger partial charge in [0.1, 0.15) is 0 Å². The van der Waals surface area contributed by atoms with E-state index < -0.39 is 10.0 Å². The number of pyridine rings is 1. The number of nitrogens with two attached hydrogens (primary N) is 1. The van der Waals surface area contributed by atoms with Crippen molar-refractivity contribution in [1.29, 1.82) is 0 Å². The Morgan fingerprint density at radius 2 is 2.17 bits per heavy atom. The summed E-state index contributed by atoms with van der Waals surface area (Å²) in [6.45, 7) is 0. The predicted molar refractivity (Wildman–Crippen MR) is 43.8 cm³/mol. The summed E-state index contributed by atoms with van der Waals surface area (Å²) in [4.78, 5) is 5.20. The lowest BCUT2D eigenvalue weighted by Gasteiger charge is -1.99. The van der Waals surface area contributed by atoms with Gasteiger partial charge in [-0.3, -0.25) is 5.84 Å². The molecule has 0 atom stereocenters. The van der Waals surface area contributed by atoms with Crippen molar-refractivity contribution in [3.05, 3.63) is 23.4 Å². The van der Waals surface area contributed by atoms with Crippen LogP contribution in [-0.2, 0) is 10.0 Å². The van der Waals surface area contributed by atoms with Crippen LogP contribution in [-0.4, -0.2) is 13.4 Å². The van der Waals surface area contributed by atoms with Crippen molar-refractivity contribution in [2.75, 3.05) is 0 Å². The van der Waals surface area contributed by atoms with Gasteiger partial charge in [-0.2, -0.15) is 0 Å². The van der Waals surface area contributed by atoms with E-state index in [2.05, 4.69) is 4.98 Å². The Morgan fingerprint density at radius 3 is 2.58 bits per heavy atom. The Labute approximate surface area is 74.6 Å². The Morgan fingerprint density at radius 1 is 1.50 bits per heavy atom. The molecule has 1 aromatic heterocycles. The van der Waals surface area contributed by atoms with E-state index in [1.54, 1.807) is 4.83 Å². The fourth-order valence-electron chi connectivity index (χ4n) is 0.582. The number of rotatable bonds is 2. The van der Waals surface area contributed by atoms with E-state index in [1.807, 2.05) is 0 Å². The van der Waals surface area contributed by atoms with Crippen LogP contribution in [0.3, 0.4) is 0 Å². The van der Waals surface area contributed by atoms with Gasteiger partial charge in [-0.05, 0) is 12.1 Å². The minimum atomic E-state index is -3.66. The van der Waals surface area contributed by atoms with Crippen molar-refractivity contribution >= 4 is 21.6 Å².